The van der Waals surface area contributed by atoms with Crippen LogP contribution < -0.4 is 4.74 Å². The summed E-state index contributed by atoms with van der Waals surface area (Å²) < 4.78 is 7.09. The smallest absolute Gasteiger partial charge is 0.274 e. The second kappa shape index (κ2) is 6.76. The van der Waals surface area contributed by atoms with Crippen LogP contribution in [0.4, 0.5) is 0 Å². The molecule has 0 N–H and O–H groups in total. The number of carbonyl (C=O) groups excluding carboxylic acids is 1. The zero-order valence-electron chi connectivity index (χ0n) is 13.5. The van der Waals surface area contributed by atoms with E-state index in [1.54, 1.807) is 18.3 Å². The summed E-state index contributed by atoms with van der Waals surface area (Å²) in [5, 5.41) is 7.88. The first kappa shape index (κ1) is 15.5. The van der Waals surface area contributed by atoms with E-state index in [4.69, 9.17) is 4.74 Å². The summed E-state index contributed by atoms with van der Waals surface area (Å²) in [6.07, 6.45) is 6.77. The first-order valence-electron chi connectivity index (χ1n) is 7.94. The molecule has 0 saturated carbocycles. The molecular formula is C16H21N5O2. The number of rotatable bonds is 4. The number of amides is 1. The van der Waals surface area contributed by atoms with Crippen molar-refractivity contribution in [3.05, 3.63) is 36.0 Å². The minimum absolute atomic E-state index is 0.00454. The lowest BCUT2D eigenvalue weighted by molar-refractivity contribution is 0.0587. The third kappa shape index (κ3) is 3.04. The Morgan fingerprint density at radius 3 is 2.91 bits per heavy atom. The van der Waals surface area contributed by atoms with E-state index < -0.39 is 0 Å². The van der Waals surface area contributed by atoms with Crippen molar-refractivity contribution in [1.29, 1.82) is 0 Å². The number of aryl methyl sites for hydroxylation is 1. The Bertz CT molecular complexity index is 667. The summed E-state index contributed by atoms with van der Waals surface area (Å²) >= 11 is 0. The standard InChI is InChI=1S/C16H21N5O2/c1-3-20-11-9-17-15(20)13-6-4-5-10-21(13)16(22)12-7-8-14(23-2)19-18-12/h7-9,11,13H,3-6,10H2,1-2H3. The Labute approximate surface area is 135 Å². The average molecular weight is 315 g/mol. The lowest BCUT2D eigenvalue weighted by atomic mass is 10.0. The van der Waals surface area contributed by atoms with Crippen molar-refractivity contribution in [2.24, 2.45) is 0 Å². The highest BCUT2D eigenvalue weighted by Gasteiger charge is 2.32. The van der Waals surface area contributed by atoms with Crippen molar-refractivity contribution in [3.8, 4) is 5.88 Å². The number of hydrogen-bond acceptors (Lipinski definition) is 5. The molecule has 7 nitrogen and oxygen atoms in total. The number of piperidine rings is 1. The summed E-state index contributed by atoms with van der Waals surface area (Å²) in [5.41, 5.74) is 0.340. The fourth-order valence-corrected chi connectivity index (χ4v) is 3.02. The molecule has 23 heavy (non-hydrogen) atoms. The van der Waals surface area contributed by atoms with E-state index in [0.29, 0.717) is 18.1 Å². The minimum Gasteiger partial charge on any atom is -0.480 e. The zero-order valence-corrected chi connectivity index (χ0v) is 13.5. The first-order valence-corrected chi connectivity index (χ1v) is 7.94. The van der Waals surface area contributed by atoms with Gasteiger partial charge in [-0.05, 0) is 32.3 Å². The van der Waals surface area contributed by atoms with Crippen LogP contribution in [0.1, 0.15) is 48.5 Å². The van der Waals surface area contributed by atoms with Crippen molar-refractivity contribution in [2.45, 2.75) is 38.8 Å². The van der Waals surface area contributed by atoms with Gasteiger partial charge in [-0.15, -0.1) is 10.2 Å². The van der Waals surface area contributed by atoms with E-state index in [1.165, 1.54) is 7.11 Å². The van der Waals surface area contributed by atoms with Crippen LogP contribution in [-0.2, 0) is 6.54 Å². The maximum Gasteiger partial charge on any atom is 0.274 e. The Balaban J connectivity index is 1.87. The normalized spacial score (nSPS) is 18.0. The van der Waals surface area contributed by atoms with Gasteiger partial charge in [0.05, 0.1) is 13.2 Å². The predicted octanol–water partition coefficient (Wildman–Crippen LogP) is 2.07. The first-order chi connectivity index (χ1) is 11.2. The molecule has 0 spiro atoms. The van der Waals surface area contributed by atoms with Crippen molar-refractivity contribution in [3.63, 3.8) is 0 Å². The Morgan fingerprint density at radius 2 is 2.22 bits per heavy atom. The summed E-state index contributed by atoms with van der Waals surface area (Å²) in [5.74, 6) is 1.25. The van der Waals surface area contributed by atoms with E-state index in [0.717, 1.165) is 31.6 Å². The van der Waals surface area contributed by atoms with E-state index in [2.05, 4.69) is 26.7 Å². The third-order valence-electron chi connectivity index (χ3n) is 4.22. The highest BCUT2D eigenvalue weighted by atomic mass is 16.5. The van der Waals surface area contributed by atoms with Gasteiger partial charge in [0, 0.05) is 31.5 Å². The molecule has 3 rings (SSSR count). The molecule has 0 bridgehead atoms. The second-order valence-electron chi connectivity index (χ2n) is 5.54. The van der Waals surface area contributed by atoms with E-state index >= 15 is 0 Å². The van der Waals surface area contributed by atoms with Gasteiger partial charge >= 0.3 is 0 Å². The van der Waals surface area contributed by atoms with Crippen molar-refractivity contribution >= 4 is 5.91 Å². The number of hydrogen-bond donors (Lipinski definition) is 0. The number of likely N-dealkylation sites (tertiary alicyclic amines) is 1. The average Bonchev–Trinajstić information content (AvgIpc) is 3.10. The molecule has 1 amide bonds. The molecule has 2 aromatic heterocycles. The lowest BCUT2D eigenvalue weighted by Gasteiger charge is -2.35. The number of aromatic nitrogens is 4. The summed E-state index contributed by atoms with van der Waals surface area (Å²) in [7, 11) is 1.52. The molecule has 122 valence electrons. The van der Waals surface area contributed by atoms with E-state index in [1.807, 2.05) is 11.1 Å². The molecule has 0 aromatic carbocycles. The number of nitrogens with zero attached hydrogens (tertiary/aromatic N) is 5. The largest absolute Gasteiger partial charge is 0.480 e. The number of ether oxygens (including phenoxy) is 1. The van der Waals surface area contributed by atoms with Gasteiger partial charge in [-0.2, -0.15) is 0 Å². The summed E-state index contributed by atoms with van der Waals surface area (Å²) in [6, 6.07) is 3.31. The van der Waals surface area contributed by atoms with Crippen LogP contribution in [0.5, 0.6) is 5.88 Å². The molecule has 0 radical (unpaired) electrons. The molecule has 1 unspecified atom stereocenters. The molecule has 1 atom stereocenters. The van der Waals surface area contributed by atoms with Crippen molar-refractivity contribution < 1.29 is 9.53 Å². The quantitative estimate of drug-likeness (QED) is 0.863. The van der Waals surface area contributed by atoms with Crippen LogP contribution >= 0.6 is 0 Å². The Morgan fingerprint density at radius 1 is 1.35 bits per heavy atom. The second-order valence-corrected chi connectivity index (χ2v) is 5.54. The van der Waals surface area contributed by atoms with Crippen molar-refractivity contribution in [2.75, 3.05) is 13.7 Å². The van der Waals surface area contributed by atoms with Gasteiger partial charge in [0.25, 0.3) is 5.91 Å². The molecule has 1 aliphatic rings. The van der Waals surface area contributed by atoms with E-state index in [-0.39, 0.29) is 11.9 Å². The molecule has 7 heteroatoms. The molecule has 0 aliphatic carbocycles. The molecule has 1 aliphatic heterocycles. The fourth-order valence-electron chi connectivity index (χ4n) is 3.02. The van der Waals surface area contributed by atoms with Gasteiger partial charge < -0.3 is 14.2 Å². The van der Waals surface area contributed by atoms with Gasteiger partial charge in [0.2, 0.25) is 5.88 Å². The Hall–Kier alpha value is -2.44. The van der Waals surface area contributed by atoms with Gasteiger partial charge in [-0.1, -0.05) is 0 Å². The van der Waals surface area contributed by atoms with Crippen LogP contribution in [-0.4, -0.2) is 44.2 Å². The topological polar surface area (TPSA) is 73.1 Å². The molecule has 1 fully saturated rings. The number of methoxy groups -OCH3 is 1. The maximum atomic E-state index is 12.9. The van der Waals surface area contributed by atoms with Gasteiger partial charge in [0.15, 0.2) is 5.69 Å². The van der Waals surface area contributed by atoms with E-state index in [9.17, 15) is 4.79 Å². The summed E-state index contributed by atoms with van der Waals surface area (Å²) in [6.45, 7) is 3.64. The Kier molecular flexibility index (Phi) is 4.55. The molecule has 2 aromatic rings. The summed E-state index contributed by atoms with van der Waals surface area (Å²) in [4.78, 5) is 19.2. The van der Waals surface area contributed by atoms with Gasteiger partial charge in [-0.25, -0.2) is 4.98 Å². The van der Waals surface area contributed by atoms with Gasteiger partial charge in [-0.3, -0.25) is 4.79 Å². The maximum absolute atomic E-state index is 12.9. The molecule has 1 saturated heterocycles. The van der Waals surface area contributed by atoms with Crippen LogP contribution in [0, 0.1) is 0 Å². The highest BCUT2D eigenvalue weighted by Crippen LogP contribution is 2.31. The monoisotopic (exact) mass is 315 g/mol. The molecule has 3 heterocycles. The number of carbonyl (C=O) groups is 1. The SMILES string of the molecule is CCn1ccnc1C1CCCCN1C(=O)c1ccc(OC)nn1. The van der Waals surface area contributed by atoms with Crippen LogP contribution in [0.15, 0.2) is 24.5 Å². The van der Waals surface area contributed by atoms with Gasteiger partial charge in [0.1, 0.15) is 5.82 Å². The molecular weight excluding hydrogens is 294 g/mol. The van der Waals surface area contributed by atoms with Crippen LogP contribution in [0.2, 0.25) is 0 Å². The van der Waals surface area contributed by atoms with Crippen LogP contribution in [0.3, 0.4) is 0 Å². The zero-order chi connectivity index (χ0) is 16.2. The highest BCUT2D eigenvalue weighted by molar-refractivity contribution is 5.92. The fraction of sp³-hybridized carbons (Fsp3) is 0.500. The van der Waals surface area contributed by atoms with Crippen LogP contribution in [0.25, 0.3) is 0 Å². The predicted molar refractivity (Wildman–Crippen MR) is 84.1 cm³/mol. The lowest BCUT2D eigenvalue weighted by Crippen LogP contribution is -2.40. The third-order valence-corrected chi connectivity index (χ3v) is 4.22. The van der Waals surface area contributed by atoms with Crippen molar-refractivity contribution in [1.82, 2.24) is 24.6 Å². The number of imidazole rings is 1. The minimum atomic E-state index is -0.101.